The predicted molar refractivity (Wildman–Crippen MR) is 228 cm³/mol. The fraction of sp³-hybridized carbons (Fsp3) is 0.465. The molecule has 63 heavy (non-hydrogen) atoms. The zero-order valence-electron chi connectivity index (χ0n) is 35.1. The van der Waals surface area contributed by atoms with Gasteiger partial charge in [-0.15, -0.1) is 0 Å². The van der Waals surface area contributed by atoms with E-state index in [0.29, 0.717) is 47.9 Å². The molecule has 3 atom stereocenters. The number of fused-ring (bicyclic) bond motifs is 2. The lowest BCUT2D eigenvalue weighted by Crippen LogP contribution is -2.54. The minimum absolute atomic E-state index is 0.0389. The second-order valence-electron chi connectivity index (χ2n) is 17.0. The number of aliphatic hydroxyl groups is 1. The van der Waals surface area contributed by atoms with Crippen LogP contribution in [0, 0.1) is 23.0 Å². The molecule has 4 fully saturated rings. The first-order valence-electron chi connectivity index (χ1n) is 21.1. The highest BCUT2D eigenvalue weighted by atomic mass is 32.2. The molecule has 1 amide bonds. The lowest BCUT2D eigenvalue weighted by Gasteiger charge is -2.35. The number of nitrogens with one attached hydrogen (secondary N) is 2. The van der Waals surface area contributed by atoms with Crippen molar-refractivity contribution in [1.29, 1.82) is 5.26 Å². The van der Waals surface area contributed by atoms with E-state index >= 15 is 8.78 Å². The summed E-state index contributed by atoms with van der Waals surface area (Å²) >= 11 is 0. The first-order valence-corrected chi connectivity index (χ1v) is 22.5. The summed E-state index contributed by atoms with van der Waals surface area (Å²) in [7, 11) is -0.872. The molecular formula is C43H48F2N10O7S. The molecule has 4 aliphatic rings. The zero-order valence-corrected chi connectivity index (χ0v) is 35.9. The Labute approximate surface area is 362 Å². The minimum atomic E-state index is -4.03. The van der Waals surface area contributed by atoms with Gasteiger partial charge in [0, 0.05) is 64.5 Å². The Morgan fingerprint density at radius 3 is 2.62 bits per heavy atom. The summed E-state index contributed by atoms with van der Waals surface area (Å²) in [5.74, 6) is -1.42. The van der Waals surface area contributed by atoms with Crippen LogP contribution in [0.5, 0.6) is 11.5 Å². The number of aromatic nitrogens is 4. The number of halogens is 2. The molecule has 1 spiro atoms. The van der Waals surface area contributed by atoms with Gasteiger partial charge in [-0.1, -0.05) is 6.92 Å². The van der Waals surface area contributed by atoms with Crippen molar-refractivity contribution in [3.8, 4) is 17.6 Å². The van der Waals surface area contributed by atoms with Gasteiger partial charge in [0.05, 0.1) is 46.7 Å². The van der Waals surface area contributed by atoms with Crippen molar-refractivity contribution in [1.82, 2.24) is 33.9 Å². The van der Waals surface area contributed by atoms with Crippen LogP contribution in [0.4, 0.5) is 20.3 Å². The van der Waals surface area contributed by atoms with Gasteiger partial charge in [-0.25, -0.2) is 13.8 Å². The average molecular weight is 887 g/mol. The fourth-order valence-corrected chi connectivity index (χ4v) is 10.6. The van der Waals surface area contributed by atoms with E-state index in [0.717, 1.165) is 60.6 Å². The second-order valence-corrected chi connectivity index (χ2v) is 18.7. The molecule has 3 N–H and O–H groups in total. The fourth-order valence-electron chi connectivity index (χ4n) is 9.68. The Balaban J connectivity index is 0.857. The molecule has 5 aromatic rings. The number of hydrogen-bond acceptors (Lipinski definition) is 12. The Morgan fingerprint density at radius 2 is 1.87 bits per heavy atom. The highest BCUT2D eigenvalue weighted by Crippen LogP contribution is 2.44. The van der Waals surface area contributed by atoms with Crippen LogP contribution >= 0.6 is 0 Å². The number of ether oxygens (including phenoxy) is 2. The van der Waals surface area contributed by atoms with Crippen LogP contribution in [0.3, 0.4) is 0 Å². The van der Waals surface area contributed by atoms with Gasteiger partial charge < -0.3 is 24.8 Å². The molecule has 20 heteroatoms. The summed E-state index contributed by atoms with van der Waals surface area (Å²) in [4.78, 5) is 34.4. The quantitative estimate of drug-likeness (QED) is 0.177. The molecule has 1 aliphatic carbocycles. The third kappa shape index (κ3) is 7.86. The van der Waals surface area contributed by atoms with Crippen LogP contribution in [-0.4, -0.2) is 106 Å². The van der Waals surface area contributed by atoms with Crippen LogP contribution in [0.2, 0.25) is 0 Å². The van der Waals surface area contributed by atoms with E-state index in [1.54, 1.807) is 34.2 Å². The number of hydrogen-bond donors (Lipinski definition) is 3. The first-order chi connectivity index (χ1) is 30.2. The summed E-state index contributed by atoms with van der Waals surface area (Å²) in [5.41, 5.74) is 0.511. The number of anilines is 2. The van der Waals surface area contributed by atoms with Gasteiger partial charge in [0.25, 0.3) is 5.56 Å². The smallest absolute Gasteiger partial charge is 0.301 e. The maximum absolute atomic E-state index is 15.9. The summed E-state index contributed by atoms with van der Waals surface area (Å²) < 4.78 is 75.3. The van der Waals surface area contributed by atoms with Crippen LogP contribution in [0.1, 0.15) is 75.0 Å². The van der Waals surface area contributed by atoms with Gasteiger partial charge in [-0.05, 0) is 86.1 Å². The van der Waals surface area contributed by atoms with E-state index in [9.17, 15) is 28.4 Å². The largest absolute Gasteiger partial charge is 0.453 e. The number of carbonyl (C=O) groups is 1. The van der Waals surface area contributed by atoms with Crippen molar-refractivity contribution < 1.29 is 36.6 Å². The van der Waals surface area contributed by atoms with Gasteiger partial charge in [-0.2, -0.15) is 23.1 Å². The van der Waals surface area contributed by atoms with E-state index < -0.39 is 33.7 Å². The third-order valence-corrected chi connectivity index (χ3v) is 14.8. The van der Waals surface area contributed by atoms with Crippen molar-refractivity contribution >= 4 is 49.4 Å². The van der Waals surface area contributed by atoms with Crippen LogP contribution in [0.25, 0.3) is 21.8 Å². The van der Waals surface area contributed by atoms with Gasteiger partial charge in [0.1, 0.15) is 23.2 Å². The molecule has 1 saturated carbocycles. The molecule has 1 unspecified atom stereocenters. The summed E-state index contributed by atoms with van der Waals surface area (Å²) in [6, 6.07) is 11.9. The number of likely N-dealkylation sites (tertiary alicyclic amines) is 1. The number of amides is 1. The molecule has 9 rings (SSSR count). The molecule has 0 bridgehead atoms. The number of carbonyl (C=O) groups excluding carboxylic acids is 1. The van der Waals surface area contributed by atoms with Crippen molar-refractivity contribution in [3.05, 3.63) is 81.9 Å². The monoisotopic (exact) mass is 886 g/mol. The molecule has 332 valence electrons. The summed E-state index contributed by atoms with van der Waals surface area (Å²) in [5, 5.41) is 28.3. The van der Waals surface area contributed by atoms with Gasteiger partial charge in [0.15, 0.2) is 17.4 Å². The normalized spacial score (nSPS) is 24.4. The third-order valence-electron chi connectivity index (χ3n) is 13.3. The van der Waals surface area contributed by atoms with E-state index in [-0.39, 0.29) is 71.1 Å². The molecule has 2 aromatic heterocycles. The van der Waals surface area contributed by atoms with Crippen molar-refractivity contribution in [2.45, 2.75) is 81.8 Å². The highest BCUT2D eigenvalue weighted by molar-refractivity contribution is 7.90. The maximum Gasteiger partial charge on any atom is 0.301 e. The lowest BCUT2D eigenvalue weighted by atomic mass is 9.80. The molecule has 3 aliphatic heterocycles. The van der Waals surface area contributed by atoms with Crippen LogP contribution in [-0.2, 0) is 26.8 Å². The van der Waals surface area contributed by atoms with Gasteiger partial charge >= 0.3 is 10.2 Å². The number of aryl methyl sites for hydroxylation is 1. The summed E-state index contributed by atoms with van der Waals surface area (Å²) in [6.45, 7) is 3.95. The minimum Gasteiger partial charge on any atom is -0.453 e. The topological polar surface area (TPSA) is 200 Å². The summed E-state index contributed by atoms with van der Waals surface area (Å²) in [6.07, 6.45) is 5.32. The first kappa shape index (κ1) is 42.6. The Bertz CT molecular complexity index is 2840. The number of nitriles is 1. The molecule has 0 radical (unpaired) electrons. The van der Waals surface area contributed by atoms with Crippen LogP contribution < -0.4 is 25.2 Å². The molecule has 3 saturated heterocycles. The Morgan fingerprint density at radius 1 is 1.08 bits per heavy atom. The van der Waals surface area contributed by atoms with Gasteiger partial charge in [0.2, 0.25) is 12.3 Å². The van der Waals surface area contributed by atoms with Crippen molar-refractivity contribution in [3.63, 3.8) is 0 Å². The van der Waals surface area contributed by atoms with Crippen molar-refractivity contribution in [2.24, 2.45) is 7.05 Å². The predicted octanol–water partition coefficient (Wildman–Crippen LogP) is 4.57. The number of rotatable bonds is 10. The molecule has 17 nitrogen and oxygen atoms in total. The molecular weight excluding hydrogens is 839 g/mol. The standard InChI is InChI=1S/C43H48F2N10O7S/c1-4-51(2)63(59,60)50-36-12-10-33(44)39(32(36)21-46)62-28-9-11-35-30(17-28)41(57)55(24-47-35)27-20-43(61-22-27)14-16-53(23-43)26-7-5-25(6-8-26)29-19-37-31(18-34(29)45)40(49-52(37)3)54-15-13-38(56)48-42(54)58/h9-12,17-19,24-27,42,50,58H,4-8,13-16,20,22-23H2,1-3H3,(H,48,56)/t25?,26?,27-,42?,43+/m0/s1. The Kier molecular flexibility index (Phi) is 11.1. The second kappa shape index (κ2) is 16.4. The van der Waals surface area contributed by atoms with Gasteiger partial charge in [-0.3, -0.25) is 28.5 Å². The van der Waals surface area contributed by atoms with E-state index in [2.05, 4.69) is 25.0 Å². The molecule has 3 aromatic carbocycles. The lowest BCUT2D eigenvalue weighted by molar-refractivity contribution is -0.125. The zero-order chi connectivity index (χ0) is 44.4. The highest BCUT2D eigenvalue weighted by Gasteiger charge is 2.48. The van der Waals surface area contributed by atoms with Crippen molar-refractivity contribution in [2.75, 3.05) is 49.5 Å². The van der Waals surface area contributed by atoms with Crippen LogP contribution in [0.15, 0.2) is 53.6 Å². The molecule has 5 heterocycles. The average Bonchev–Trinajstić information content (AvgIpc) is 3.98. The Hall–Kier alpha value is -5.72. The number of aliphatic hydroxyl groups excluding tert-OH is 1. The van der Waals surface area contributed by atoms with E-state index in [4.69, 9.17) is 9.47 Å². The maximum atomic E-state index is 15.9. The SMILES string of the molecule is CCN(C)S(=O)(=O)Nc1ccc(F)c(Oc2ccc3ncn([C@@H]4CO[C@]5(CCN(C6CCC(c7cc8c(cc7F)c(N7CCC(=O)NC7O)nn8C)CC6)C5)C4)c(=O)c3c2)c1C#N. The van der Waals surface area contributed by atoms with E-state index in [1.165, 1.54) is 31.6 Å². The number of benzene rings is 3. The van der Waals surface area contributed by atoms with E-state index in [1.807, 2.05) is 12.1 Å². The number of nitrogens with zero attached hydrogens (tertiary/aromatic N) is 8.